The van der Waals surface area contributed by atoms with E-state index in [9.17, 15) is 4.79 Å². The number of amides is 1. The van der Waals surface area contributed by atoms with Crippen molar-refractivity contribution in [3.63, 3.8) is 0 Å². The smallest absolute Gasteiger partial charge is 0.246 e. The summed E-state index contributed by atoms with van der Waals surface area (Å²) in [4.78, 5) is 15.7. The molecule has 108 valence electrons. The molecule has 0 aliphatic rings. The highest BCUT2D eigenvalue weighted by atomic mass is 32.1. The number of anilines is 1. The number of nitrogen functional groups attached to an aromatic ring is 1. The lowest BCUT2D eigenvalue weighted by Crippen LogP contribution is -2.19. The Labute approximate surface area is 127 Å². The van der Waals surface area contributed by atoms with E-state index in [-0.39, 0.29) is 12.3 Å². The molecule has 0 bridgehead atoms. The Kier molecular flexibility index (Phi) is 5.22. The second-order valence-corrected chi connectivity index (χ2v) is 5.34. The molecule has 3 N–H and O–H groups in total. The van der Waals surface area contributed by atoms with Gasteiger partial charge in [-0.2, -0.15) is 5.10 Å². The van der Waals surface area contributed by atoms with Crippen LogP contribution in [0.25, 0.3) is 6.08 Å². The number of nitrogens with zero attached hydrogens (tertiary/aromatic N) is 2. The van der Waals surface area contributed by atoms with Crippen molar-refractivity contribution >= 4 is 34.7 Å². The summed E-state index contributed by atoms with van der Waals surface area (Å²) in [6.07, 6.45) is 3.77. The number of carbonyl (C=O) groups is 1. The number of nitrogens with two attached hydrogens (primary N) is 1. The van der Waals surface area contributed by atoms with Crippen LogP contribution in [0.1, 0.15) is 18.2 Å². The molecule has 0 saturated heterocycles. The van der Waals surface area contributed by atoms with E-state index in [0.29, 0.717) is 10.8 Å². The minimum atomic E-state index is -0.218. The van der Waals surface area contributed by atoms with Crippen molar-refractivity contribution in [2.75, 3.05) is 5.73 Å². The molecule has 1 aromatic heterocycles. The minimum Gasteiger partial charge on any atom is -0.375 e. The van der Waals surface area contributed by atoms with Crippen molar-refractivity contribution in [1.82, 2.24) is 10.4 Å². The molecule has 21 heavy (non-hydrogen) atoms. The average molecular weight is 300 g/mol. The first-order valence-electron chi connectivity index (χ1n) is 6.38. The van der Waals surface area contributed by atoms with E-state index in [4.69, 9.17) is 5.73 Å². The van der Waals surface area contributed by atoms with E-state index in [0.717, 1.165) is 11.1 Å². The van der Waals surface area contributed by atoms with Gasteiger partial charge < -0.3 is 5.73 Å². The Morgan fingerprint density at radius 2 is 2.19 bits per heavy atom. The lowest BCUT2D eigenvalue weighted by molar-refractivity contribution is -0.120. The van der Waals surface area contributed by atoms with Gasteiger partial charge in [-0.15, -0.1) is 11.3 Å². The molecule has 0 saturated carbocycles. The van der Waals surface area contributed by atoms with E-state index in [1.165, 1.54) is 11.3 Å². The van der Waals surface area contributed by atoms with Crippen LogP contribution in [0.2, 0.25) is 0 Å². The van der Waals surface area contributed by atoms with Crippen LogP contribution in [0.3, 0.4) is 0 Å². The van der Waals surface area contributed by atoms with Crippen LogP contribution >= 0.6 is 11.3 Å². The van der Waals surface area contributed by atoms with Gasteiger partial charge in [-0.25, -0.2) is 10.4 Å². The molecule has 0 radical (unpaired) electrons. The van der Waals surface area contributed by atoms with E-state index >= 15 is 0 Å². The van der Waals surface area contributed by atoms with Crippen LogP contribution in [0.15, 0.2) is 46.4 Å². The van der Waals surface area contributed by atoms with E-state index < -0.39 is 0 Å². The molecule has 6 heteroatoms. The third-order valence-corrected chi connectivity index (χ3v) is 3.29. The number of nitrogens with one attached hydrogen (secondary N) is 1. The molecule has 0 unspecified atom stereocenters. The highest BCUT2D eigenvalue weighted by Crippen LogP contribution is 2.11. The number of benzene rings is 1. The molecule has 1 amide bonds. The molecule has 0 atom stereocenters. The zero-order valence-electron chi connectivity index (χ0n) is 11.6. The molecule has 1 heterocycles. The van der Waals surface area contributed by atoms with Crippen LogP contribution in [0.4, 0.5) is 5.13 Å². The molecule has 1 aromatic carbocycles. The number of allylic oxidation sites excluding steroid dienone is 1. The number of carbonyl (C=O) groups excluding carboxylic acids is 1. The number of hydrogen-bond donors (Lipinski definition) is 2. The number of thiazole rings is 1. The summed E-state index contributed by atoms with van der Waals surface area (Å²) >= 11 is 1.32. The third kappa shape index (κ3) is 5.19. The van der Waals surface area contributed by atoms with Crippen LogP contribution in [0, 0.1) is 0 Å². The van der Waals surface area contributed by atoms with E-state index in [1.807, 2.05) is 43.3 Å². The molecule has 2 rings (SSSR count). The van der Waals surface area contributed by atoms with Gasteiger partial charge in [0.15, 0.2) is 5.13 Å². The first kappa shape index (κ1) is 14.9. The Morgan fingerprint density at radius 3 is 2.86 bits per heavy atom. The van der Waals surface area contributed by atoms with Gasteiger partial charge in [-0.1, -0.05) is 36.4 Å². The maximum absolute atomic E-state index is 11.6. The van der Waals surface area contributed by atoms with Crippen molar-refractivity contribution in [1.29, 1.82) is 0 Å². The second-order valence-electron chi connectivity index (χ2n) is 4.45. The van der Waals surface area contributed by atoms with Gasteiger partial charge in [0, 0.05) is 5.38 Å². The molecule has 5 nitrogen and oxygen atoms in total. The Balaban J connectivity index is 1.84. The van der Waals surface area contributed by atoms with Crippen molar-refractivity contribution < 1.29 is 4.79 Å². The summed E-state index contributed by atoms with van der Waals surface area (Å²) < 4.78 is 0. The van der Waals surface area contributed by atoms with Crippen molar-refractivity contribution in [3.8, 4) is 0 Å². The molecular weight excluding hydrogens is 284 g/mol. The van der Waals surface area contributed by atoms with Gasteiger partial charge in [0.25, 0.3) is 0 Å². The summed E-state index contributed by atoms with van der Waals surface area (Å²) in [6, 6.07) is 9.91. The predicted molar refractivity (Wildman–Crippen MR) is 87.0 cm³/mol. The van der Waals surface area contributed by atoms with Gasteiger partial charge in [0.05, 0.1) is 18.3 Å². The van der Waals surface area contributed by atoms with Crippen LogP contribution < -0.4 is 11.2 Å². The van der Waals surface area contributed by atoms with Crippen molar-refractivity contribution in [3.05, 3.63) is 52.5 Å². The highest BCUT2D eigenvalue weighted by molar-refractivity contribution is 7.13. The number of hydrazone groups is 1. The largest absolute Gasteiger partial charge is 0.375 e. The summed E-state index contributed by atoms with van der Waals surface area (Å²) in [5.41, 5.74) is 10.7. The summed E-state index contributed by atoms with van der Waals surface area (Å²) in [5, 5.41) is 6.15. The molecule has 0 aliphatic carbocycles. The summed E-state index contributed by atoms with van der Waals surface area (Å²) in [7, 11) is 0. The second kappa shape index (κ2) is 7.35. The van der Waals surface area contributed by atoms with Crippen molar-refractivity contribution in [2.24, 2.45) is 5.10 Å². The Morgan fingerprint density at radius 1 is 1.43 bits per heavy atom. The fraction of sp³-hybridized carbons (Fsp3) is 0.133. The topological polar surface area (TPSA) is 80.4 Å². The van der Waals surface area contributed by atoms with Crippen molar-refractivity contribution in [2.45, 2.75) is 13.3 Å². The average Bonchev–Trinajstić information content (AvgIpc) is 2.85. The zero-order chi connectivity index (χ0) is 15.1. The lowest BCUT2D eigenvalue weighted by atomic mass is 10.1. The molecule has 0 aliphatic heterocycles. The number of rotatable bonds is 5. The Bertz CT molecular complexity index is 661. The monoisotopic (exact) mass is 300 g/mol. The fourth-order valence-electron chi connectivity index (χ4n) is 1.66. The normalized spacial score (nSPS) is 11.8. The highest BCUT2D eigenvalue weighted by Gasteiger charge is 2.05. The van der Waals surface area contributed by atoms with Gasteiger partial charge in [-0.3, -0.25) is 4.79 Å². The Hall–Kier alpha value is -2.47. The van der Waals surface area contributed by atoms with Gasteiger partial charge in [0.1, 0.15) is 0 Å². The van der Waals surface area contributed by atoms with Gasteiger partial charge >= 0.3 is 0 Å². The number of aromatic nitrogens is 1. The first-order chi connectivity index (χ1) is 10.1. The van der Waals surface area contributed by atoms with Crippen LogP contribution in [-0.4, -0.2) is 17.1 Å². The SMILES string of the molecule is C/C(C=NNC(=O)Cc1csc(N)n1)=C\c1ccccc1. The third-order valence-electron chi connectivity index (χ3n) is 2.56. The zero-order valence-corrected chi connectivity index (χ0v) is 12.4. The lowest BCUT2D eigenvalue weighted by Gasteiger charge is -1.97. The van der Waals surface area contributed by atoms with Crippen LogP contribution in [-0.2, 0) is 11.2 Å². The van der Waals surface area contributed by atoms with Gasteiger partial charge in [-0.05, 0) is 18.1 Å². The molecule has 0 fully saturated rings. The number of hydrogen-bond acceptors (Lipinski definition) is 5. The maximum Gasteiger partial charge on any atom is 0.246 e. The maximum atomic E-state index is 11.6. The van der Waals surface area contributed by atoms with E-state index in [2.05, 4.69) is 15.5 Å². The standard InChI is InChI=1S/C15H16N4OS/c1-11(7-12-5-3-2-4-6-12)9-17-19-14(20)8-13-10-21-15(16)18-13/h2-7,9-10H,8H2,1H3,(H2,16,18)(H,19,20)/b11-7+,17-9?. The van der Waals surface area contributed by atoms with Crippen LogP contribution in [0.5, 0.6) is 0 Å². The summed E-state index contributed by atoms with van der Waals surface area (Å²) in [5.74, 6) is -0.218. The molecule has 2 aromatic rings. The van der Waals surface area contributed by atoms with E-state index in [1.54, 1.807) is 11.6 Å². The molecular formula is C15H16N4OS. The summed E-state index contributed by atoms with van der Waals surface area (Å²) in [6.45, 7) is 1.92. The quantitative estimate of drug-likeness (QED) is 0.657. The molecule has 0 spiro atoms. The van der Waals surface area contributed by atoms with Gasteiger partial charge in [0.2, 0.25) is 5.91 Å². The predicted octanol–water partition coefficient (Wildman–Crippen LogP) is 2.47. The first-order valence-corrected chi connectivity index (χ1v) is 7.26. The fourth-order valence-corrected chi connectivity index (χ4v) is 2.23. The minimum absolute atomic E-state index is 0.173.